The van der Waals surface area contributed by atoms with Crippen molar-refractivity contribution in [3.8, 4) is 5.75 Å². The molecule has 0 aliphatic heterocycles. The van der Waals surface area contributed by atoms with Crippen molar-refractivity contribution in [1.29, 1.82) is 0 Å². The van der Waals surface area contributed by atoms with Gasteiger partial charge in [-0.1, -0.05) is 42.5 Å². The number of benzene rings is 3. The van der Waals surface area contributed by atoms with Crippen molar-refractivity contribution in [3.63, 3.8) is 0 Å². The van der Waals surface area contributed by atoms with Crippen LogP contribution in [0.3, 0.4) is 0 Å². The molecule has 5 nitrogen and oxygen atoms in total. The highest BCUT2D eigenvalue weighted by molar-refractivity contribution is 6.59. The molecule has 0 saturated carbocycles. The quantitative estimate of drug-likeness (QED) is 0.725. The number of nitrogens with zero attached hydrogens (tertiary/aromatic N) is 1. The van der Waals surface area contributed by atoms with Gasteiger partial charge in [0.15, 0.2) is 6.61 Å². The SMILES string of the molecule is Cc1ccc(OCC(=O)N/N=C2\C(=O)c3cccc4cccc2c34)cc1C. The first-order valence-corrected chi connectivity index (χ1v) is 8.68. The third-order valence-electron chi connectivity index (χ3n) is 4.76. The predicted molar refractivity (Wildman–Crippen MR) is 104 cm³/mol. The first kappa shape index (κ1) is 17.0. The Hall–Kier alpha value is -3.47. The predicted octanol–water partition coefficient (Wildman–Crippen LogP) is 3.55. The molecular weight excluding hydrogens is 340 g/mol. The number of aryl methyl sites for hydroxylation is 2. The Bertz CT molecular complexity index is 1110. The summed E-state index contributed by atoms with van der Waals surface area (Å²) in [7, 11) is 0. The number of ketones is 1. The lowest BCUT2D eigenvalue weighted by Crippen LogP contribution is -2.27. The van der Waals surface area contributed by atoms with E-state index in [1.54, 1.807) is 6.07 Å². The number of hydrazone groups is 1. The number of Topliss-reactive ketones (excluding diaryl/α,β-unsaturated/α-hetero) is 1. The highest BCUT2D eigenvalue weighted by Gasteiger charge is 2.28. The summed E-state index contributed by atoms with van der Waals surface area (Å²) in [5.41, 5.74) is 6.29. The first-order chi connectivity index (χ1) is 13.0. The summed E-state index contributed by atoms with van der Waals surface area (Å²) in [5.74, 6) is 0.0175. The molecular formula is C22H18N2O3. The standard InChI is InChI=1S/C22H18N2O3/c1-13-9-10-16(11-14(13)2)27-12-19(25)23-24-21-17-7-3-5-15-6-4-8-18(20(15)17)22(21)26/h3-11H,12H2,1-2H3,(H,23,25)/b24-21-. The van der Waals surface area contributed by atoms with Gasteiger partial charge >= 0.3 is 0 Å². The van der Waals surface area contributed by atoms with Gasteiger partial charge in [-0.3, -0.25) is 9.59 Å². The van der Waals surface area contributed by atoms with Crippen molar-refractivity contribution in [1.82, 2.24) is 5.43 Å². The second kappa shape index (κ2) is 6.68. The number of carbonyl (C=O) groups is 2. The Morgan fingerprint density at radius 3 is 2.48 bits per heavy atom. The van der Waals surface area contributed by atoms with Crippen molar-refractivity contribution >= 4 is 28.2 Å². The maximum atomic E-state index is 12.6. The van der Waals surface area contributed by atoms with E-state index in [0.29, 0.717) is 11.3 Å². The maximum Gasteiger partial charge on any atom is 0.277 e. The van der Waals surface area contributed by atoms with E-state index in [1.807, 2.05) is 62.4 Å². The third kappa shape index (κ3) is 3.08. The van der Waals surface area contributed by atoms with Gasteiger partial charge in [0.05, 0.1) is 0 Å². The second-order valence-electron chi connectivity index (χ2n) is 6.57. The molecule has 27 heavy (non-hydrogen) atoms. The monoisotopic (exact) mass is 358 g/mol. The Labute approximate surface area is 156 Å². The molecule has 0 fully saturated rings. The number of nitrogens with one attached hydrogen (secondary N) is 1. The van der Waals surface area contributed by atoms with Crippen LogP contribution in [-0.2, 0) is 4.79 Å². The summed E-state index contributed by atoms with van der Waals surface area (Å²) in [6.45, 7) is 3.82. The fourth-order valence-electron chi connectivity index (χ4n) is 3.19. The van der Waals surface area contributed by atoms with Crippen molar-refractivity contribution in [2.45, 2.75) is 13.8 Å². The molecule has 0 radical (unpaired) electrons. The number of amides is 1. The lowest BCUT2D eigenvalue weighted by molar-refractivity contribution is -0.123. The zero-order chi connectivity index (χ0) is 19.0. The van der Waals surface area contributed by atoms with E-state index in [-0.39, 0.29) is 18.1 Å². The van der Waals surface area contributed by atoms with Crippen LogP contribution in [0.2, 0.25) is 0 Å². The van der Waals surface area contributed by atoms with Gasteiger partial charge in [0, 0.05) is 16.5 Å². The molecule has 0 unspecified atom stereocenters. The van der Waals surface area contributed by atoms with Crippen LogP contribution in [0.5, 0.6) is 5.75 Å². The van der Waals surface area contributed by atoms with Crippen LogP contribution in [0, 0.1) is 13.8 Å². The smallest absolute Gasteiger partial charge is 0.277 e. The molecule has 1 aliphatic carbocycles. The molecule has 0 atom stereocenters. The minimum Gasteiger partial charge on any atom is -0.484 e. The normalized spacial score (nSPS) is 14.0. The zero-order valence-corrected chi connectivity index (χ0v) is 15.1. The van der Waals surface area contributed by atoms with Crippen molar-refractivity contribution in [3.05, 3.63) is 76.9 Å². The van der Waals surface area contributed by atoms with Crippen LogP contribution >= 0.6 is 0 Å². The minimum absolute atomic E-state index is 0.176. The molecule has 0 saturated heterocycles. The van der Waals surface area contributed by atoms with Crippen molar-refractivity contribution in [2.75, 3.05) is 6.61 Å². The lowest BCUT2D eigenvalue weighted by atomic mass is 10.1. The number of carbonyl (C=O) groups excluding carboxylic acids is 2. The van der Waals surface area contributed by atoms with E-state index in [2.05, 4.69) is 10.5 Å². The molecule has 0 aromatic heterocycles. The molecule has 1 aliphatic rings. The summed E-state index contributed by atoms with van der Waals surface area (Å²) >= 11 is 0. The number of rotatable bonds is 4. The molecule has 0 spiro atoms. The maximum absolute atomic E-state index is 12.6. The molecule has 3 aromatic carbocycles. The van der Waals surface area contributed by atoms with E-state index >= 15 is 0 Å². The summed E-state index contributed by atoms with van der Waals surface area (Å²) in [4.78, 5) is 24.7. The van der Waals surface area contributed by atoms with Crippen LogP contribution in [0.25, 0.3) is 10.8 Å². The van der Waals surface area contributed by atoms with Crippen LogP contribution in [0.1, 0.15) is 27.0 Å². The van der Waals surface area contributed by atoms with Gasteiger partial charge in [-0.15, -0.1) is 0 Å². The molecule has 0 bridgehead atoms. The number of hydrogen-bond acceptors (Lipinski definition) is 4. The average Bonchev–Trinajstić information content (AvgIpc) is 2.95. The number of hydrogen-bond donors (Lipinski definition) is 1. The van der Waals surface area contributed by atoms with Crippen molar-refractivity contribution in [2.24, 2.45) is 5.10 Å². The Morgan fingerprint density at radius 1 is 1.00 bits per heavy atom. The summed E-state index contributed by atoms with van der Waals surface area (Å²) < 4.78 is 5.50. The van der Waals surface area contributed by atoms with E-state index in [9.17, 15) is 9.59 Å². The topological polar surface area (TPSA) is 67.8 Å². The fourth-order valence-corrected chi connectivity index (χ4v) is 3.19. The molecule has 134 valence electrons. The van der Waals surface area contributed by atoms with Crippen molar-refractivity contribution < 1.29 is 14.3 Å². The summed E-state index contributed by atoms with van der Waals surface area (Å²) in [6.07, 6.45) is 0. The Balaban J connectivity index is 1.48. The molecule has 0 heterocycles. The van der Waals surface area contributed by atoms with Crippen LogP contribution in [-0.4, -0.2) is 24.0 Å². The van der Waals surface area contributed by atoms with Gasteiger partial charge in [-0.05, 0) is 42.5 Å². The fraction of sp³-hybridized carbons (Fsp3) is 0.136. The third-order valence-corrected chi connectivity index (χ3v) is 4.76. The summed E-state index contributed by atoms with van der Waals surface area (Å²) in [5, 5.41) is 5.93. The van der Waals surface area contributed by atoms with Crippen LogP contribution in [0.4, 0.5) is 0 Å². The van der Waals surface area contributed by atoms with E-state index in [1.165, 1.54) is 0 Å². The highest BCUT2D eigenvalue weighted by Crippen LogP contribution is 2.30. The molecule has 3 aromatic rings. The van der Waals surface area contributed by atoms with Gasteiger partial charge < -0.3 is 4.74 Å². The summed E-state index contributed by atoms with van der Waals surface area (Å²) in [6, 6.07) is 16.9. The molecule has 1 amide bonds. The number of ether oxygens (including phenoxy) is 1. The van der Waals surface area contributed by atoms with Crippen LogP contribution in [0.15, 0.2) is 59.7 Å². The van der Waals surface area contributed by atoms with E-state index < -0.39 is 5.91 Å². The zero-order valence-electron chi connectivity index (χ0n) is 15.1. The minimum atomic E-state index is -0.420. The van der Waals surface area contributed by atoms with Gasteiger partial charge in [0.2, 0.25) is 5.78 Å². The van der Waals surface area contributed by atoms with E-state index in [0.717, 1.165) is 27.5 Å². The lowest BCUT2D eigenvalue weighted by Gasteiger charge is -2.07. The van der Waals surface area contributed by atoms with E-state index in [4.69, 9.17) is 4.74 Å². The highest BCUT2D eigenvalue weighted by atomic mass is 16.5. The van der Waals surface area contributed by atoms with Gasteiger partial charge in [0.1, 0.15) is 11.5 Å². The van der Waals surface area contributed by atoms with Crippen LogP contribution < -0.4 is 10.2 Å². The average molecular weight is 358 g/mol. The van der Waals surface area contributed by atoms with Gasteiger partial charge in [-0.25, -0.2) is 5.43 Å². The molecule has 4 rings (SSSR count). The molecule has 5 heteroatoms. The largest absolute Gasteiger partial charge is 0.484 e. The van der Waals surface area contributed by atoms with Gasteiger partial charge in [0.25, 0.3) is 5.91 Å². The Kier molecular flexibility index (Phi) is 4.20. The second-order valence-corrected chi connectivity index (χ2v) is 6.57. The first-order valence-electron chi connectivity index (χ1n) is 8.68. The Morgan fingerprint density at radius 2 is 1.74 bits per heavy atom. The molecule has 1 N–H and O–H groups in total. The van der Waals surface area contributed by atoms with Gasteiger partial charge in [-0.2, -0.15) is 5.10 Å².